The van der Waals surface area contributed by atoms with Gasteiger partial charge in [-0.25, -0.2) is 0 Å². The number of ether oxygens (including phenoxy) is 2. The summed E-state index contributed by atoms with van der Waals surface area (Å²) in [5, 5.41) is 9.50. The zero-order valence-electron chi connectivity index (χ0n) is 10.8. The number of alkyl halides is 3. The highest BCUT2D eigenvalue weighted by atomic mass is 19.4. The second kappa shape index (κ2) is 4.96. The molecular formula is C13H11F3N2O2. The summed E-state index contributed by atoms with van der Waals surface area (Å²) in [6, 6.07) is 6.47. The molecule has 0 aliphatic heterocycles. The minimum atomic E-state index is -4.85. The Morgan fingerprint density at radius 3 is 2.55 bits per heavy atom. The van der Waals surface area contributed by atoms with Gasteiger partial charge < -0.3 is 14.0 Å². The first-order chi connectivity index (χ1) is 9.41. The fourth-order valence-electron chi connectivity index (χ4n) is 2.07. The summed E-state index contributed by atoms with van der Waals surface area (Å²) in [6.45, 7) is 1.90. The second-order valence-electron chi connectivity index (χ2n) is 3.97. The van der Waals surface area contributed by atoms with Crippen molar-refractivity contribution >= 4 is 10.9 Å². The third-order valence-electron chi connectivity index (χ3n) is 2.86. The molecule has 1 aromatic heterocycles. The van der Waals surface area contributed by atoms with Gasteiger partial charge in [0.1, 0.15) is 17.4 Å². The normalized spacial score (nSPS) is 11.4. The smallest absolute Gasteiger partial charge is 0.497 e. The summed E-state index contributed by atoms with van der Waals surface area (Å²) in [7, 11) is 1.46. The maximum atomic E-state index is 12.5. The highest BCUT2D eigenvalue weighted by molar-refractivity contribution is 5.90. The van der Waals surface area contributed by atoms with Gasteiger partial charge in [-0.2, -0.15) is 5.26 Å². The van der Waals surface area contributed by atoms with Gasteiger partial charge in [0.25, 0.3) is 0 Å². The average molecular weight is 284 g/mol. The largest absolute Gasteiger partial charge is 0.574 e. The predicted molar refractivity (Wildman–Crippen MR) is 65.6 cm³/mol. The molecule has 0 N–H and O–H groups in total. The van der Waals surface area contributed by atoms with Crippen LogP contribution in [0.15, 0.2) is 18.2 Å². The number of aryl methyl sites for hydroxylation is 1. The molecule has 1 heterocycles. The molecule has 4 nitrogen and oxygen atoms in total. The van der Waals surface area contributed by atoms with E-state index in [1.807, 2.05) is 0 Å². The number of hydrogen-bond acceptors (Lipinski definition) is 3. The third-order valence-corrected chi connectivity index (χ3v) is 2.86. The van der Waals surface area contributed by atoms with E-state index < -0.39 is 12.2 Å². The van der Waals surface area contributed by atoms with E-state index >= 15 is 0 Å². The molecule has 2 rings (SSSR count). The highest BCUT2D eigenvalue weighted by Gasteiger charge is 2.35. The molecule has 0 unspecified atom stereocenters. The summed E-state index contributed by atoms with van der Waals surface area (Å²) in [6.07, 6.45) is -4.85. The third kappa shape index (κ3) is 2.37. The van der Waals surface area contributed by atoms with Crippen molar-refractivity contribution in [2.75, 3.05) is 7.11 Å². The molecule has 0 aliphatic rings. The molecule has 0 spiro atoms. The van der Waals surface area contributed by atoms with Gasteiger partial charge >= 0.3 is 6.36 Å². The molecule has 0 amide bonds. The summed E-state index contributed by atoms with van der Waals surface area (Å²) < 4.78 is 47.8. The van der Waals surface area contributed by atoms with Crippen molar-refractivity contribution in [1.82, 2.24) is 4.57 Å². The lowest BCUT2D eigenvalue weighted by atomic mass is 10.2. The maximum Gasteiger partial charge on any atom is 0.574 e. The van der Waals surface area contributed by atoms with Gasteiger partial charge in [-0.1, -0.05) is 0 Å². The molecular weight excluding hydrogens is 273 g/mol. The number of halogens is 3. The fraction of sp³-hybridized carbons (Fsp3) is 0.308. The van der Waals surface area contributed by atoms with Crippen LogP contribution < -0.4 is 9.47 Å². The van der Waals surface area contributed by atoms with Gasteiger partial charge in [0.05, 0.1) is 12.6 Å². The zero-order valence-corrected chi connectivity index (χ0v) is 10.8. The van der Waals surface area contributed by atoms with Crippen LogP contribution in [0.25, 0.3) is 10.9 Å². The molecule has 1 aromatic carbocycles. The van der Waals surface area contributed by atoms with Gasteiger partial charge in [-0.05, 0) is 19.1 Å². The van der Waals surface area contributed by atoms with Crippen molar-refractivity contribution in [3.63, 3.8) is 0 Å². The van der Waals surface area contributed by atoms with Crippen molar-refractivity contribution in [3.05, 3.63) is 23.8 Å². The number of methoxy groups -OCH3 is 1. The summed E-state index contributed by atoms with van der Waals surface area (Å²) in [5.74, 6) is -0.00139. The molecule has 0 saturated heterocycles. The van der Waals surface area contributed by atoms with E-state index in [4.69, 9.17) is 10.00 Å². The summed E-state index contributed by atoms with van der Waals surface area (Å²) >= 11 is 0. The zero-order chi connectivity index (χ0) is 14.9. The number of nitriles is 1. The molecule has 2 aromatic rings. The number of hydrogen-bond donors (Lipinski definition) is 0. The van der Waals surface area contributed by atoms with Gasteiger partial charge in [-0.3, -0.25) is 0 Å². The Labute approximate surface area is 112 Å². The van der Waals surface area contributed by atoms with E-state index in [-0.39, 0.29) is 12.1 Å². The molecule has 7 heteroatoms. The first-order valence-electron chi connectivity index (χ1n) is 5.77. The van der Waals surface area contributed by atoms with Crippen LogP contribution in [0, 0.1) is 11.3 Å². The molecule has 0 aliphatic carbocycles. The van der Waals surface area contributed by atoms with Crippen LogP contribution in [0.5, 0.6) is 11.6 Å². The van der Waals surface area contributed by atoms with Gasteiger partial charge in [-0.15, -0.1) is 13.2 Å². The molecule has 0 saturated carbocycles. The fourth-order valence-corrected chi connectivity index (χ4v) is 2.07. The molecule has 0 radical (unpaired) electrons. The van der Waals surface area contributed by atoms with E-state index in [2.05, 4.69) is 4.74 Å². The van der Waals surface area contributed by atoms with Crippen molar-refractivity contribution in [2.24, 2.45) is 0 Å². The van der Waals surface area contributed by atoms with E-state index in [0.717, 1.165) is 0 Å². The number of aromatic nitrogens is 1. The number of nitrogens with zero attached hydrogens (tertiary/aromatic N) is 2. The first kappa shape index (κ1) is 14.1. The maximum absolute atomic E-state index is 12.5. The van der Waals surface area contributed by atoms with E-state index in [1.54, 1.807) is 31.2 Å². The van der Waals surface area contributed by atoms with E-state index in [0.29, 0.717) is 16.7 Å². The lowest BCUT2D eigenvalue weighted by Crippen LogP contribution is -2.19. The van der Waals surface area contributed by atoms with Gasteiger partial charge in [0, 0.05) is 18.0 Å². The number of fused-ring (bicyclic) bond motifs is 1. The van der Waals surface area contributed by atoms with Crippen molar-refractivity contribution < 1.29 is 22.6 Å². The Morgan fingerprint density at radius 1 is 1.35 bits per heavy atom. The molecule has 0 fully saturated rings. The van der Waals surface area contributed by atoms with Crippen molar-refractivity contribution in [3.8, 4) is 17.7 Å². The van der Waals surface area contributed by atoms with Crippen LogP contribution in [0.4, 0.5) is 13.2 Å². The Morgan fingerprint density at radius 2 is 2.05 bits per heavy atom. The van der Waals surface area contributed by atoms with E-state index in [1.165, 1.54) is 11.7 Å². The quantitative estimate of drug-likeness (QED) is 0.867. The predicted octanol–water partition coefficient (Wildman–Crippen LogP) is 3.44. The van der Waals surface area contributed by atoms with Gasteiger partial charge in [0.15, 0.2) is 0 Å². The van der Waals surface area contributed by atoms with E-state index in [9.17, 15) is 13.2 Å². The lowest BCUT2D eigenvalue weighted by molar-refractivity contribution is -0.277. The molecule has 20 heavy (non-hydrogen) atoms. The minimum Gasteiger partial charge on any atom is -0.497 e. The van der Waals surface area contributed by atoms with Crippen LogP contribution in [0.1, 0.15) is 12.5 Å². The molecule has 0 atom stereocenters. The van der Waals surface area contributed by atoms with Crippen LogP contribution in [-0.4, -0.2) is 18.0 Å². The Hall–Kier alpha value is -2.36. The minimum absolute atomic E-state index is 0.137. The van der Waals surface area contributed by atoms with Crippen LogP contribution in [0.3, 0.4) is 0 Å². The molecule has 106 valence electrons. The van der Waals surface area contributed by atoms with Gasteiger partial charge in [0.2, 0.25) is 5.88 Å². The Kier molecular flexibility index (Phi) is 3.49. The second-order valence-corrected chi connectivity index (χ2v) is 3.97. The standard InChI is InChI=1S/C13H11F3N2O2/c1-3-18-11-6-8(19-2)4-5-9(11)10(7-17)12(18)20-13(14,15)16/h4-6H,3H2,1-2H3. The SMILES string of the molecule is CCn1c(OC(F)(F)F)c(C#N)c2ccc(OC)cc21. The monoisotopic (exact) mass is 284 g/mol. The Balaban J connectivity index is 2.75. The Bertz CT molecular complexity index is 683. The molecule has 0 bridgehead atoms. The number of benzene rings is 1. The average Bonchev–Trinajstić information content (AvgIpc) is 2.67. The highest BCUT2D eigenvalue weighted by Crippen LogP contribution is 2.36. The summed E-state index contributed by atoms with van der Waals surface area (Å²) in [4.78, 5) is 0. The first-order valence-corrected chi connectivity index (χ1v) is 5.77. The van der Waals surface area contributed by atoms with Crippen molar-refractivity contribution in [1.29, 1.82) is 5.26 Å². The van der Waals surface area contributed by atoms with Crippen LogP contribution >= 0.6 is 0 Å². The van der Waals surface area contributed by atoms with Crippen molar-refractivity contribution in [2.45, 2.75) is 19.8 Å². The van der Waals surface area contributed by atoms with Crippen LogP contribution in [0.2, 0.25) is 0 Å². The lowest BCUT2D eigenvalue weighted by Gasteiger charge is -2.12. The topological polar surface area (TPSA) is 47.2 Å². The van der Waals surface area contributed by atoms with Crippen LogP contribution in [-0.2, 0) is 6.54 Å². The number of rotatable bonds is 3. The summed E-state index contributed by atoms with van der Waals surface area (Å²) in [5.41, 5.74) is 0.324.